The van der Waals surface area contributed by atoms with E-state index in [-0.39, 0.29) is 5.91 Å². The van der Waals surface area contributed by atoms with Crippen LogP contribution in [0.5, 0.6) is 0 Å². The molecule has 1 saturated carbocycles. The average Bonchev–Trinajstić information content (AvgIpc) is 3.11. The third kappa shape index (κ3) is 3.45. The summed E-state index contributed by atoms with van der Waals surface area (Å²) in [6.07, 6.45) is 7.09. The minimum absolute atomic E-state index is 0.209. The SMILES string of the molecule is CC1CCCCN1CCC(C)(NC1CC1)C(N)=O. The second-order valence-corrected chi connectivity index (χ2v) is 6.25. The third-order valence-corrected chi connectivity index (χ3v) is 4.48. The largest absolute Gasteiger partial charge is 0.368 e. The van der Waals surface area contributed by atoms with Gasteiger partial charge in [0.15, 0.2) is 0 Å². The van der Waals surface area contributed by atoms with E-state index in [0.717, 1.165) is 13.0 Å². The molecule has 4 nitrogen and oxygen atoms in total. The lowest BCUT2D eigenvalue weighted by atomic mass is 9.94. The van der Waals surface area contributed by atoms with Crippen LogP contribution in [-0.4, -0.2) is 41.5 Å². The van der Waals surface area contributed by atoms with Gasteiger partial charge in [0.1, 0.15) is 0 Å². The normalized spacial score (nSPS) is 28.9. The van der Waals surface area contributed by atoms with E-state index in [1.165, 1.54) is 38.6 Å². The van der Waals surface area contributed by atoms with Crippen molar-refractivity contribution in [1.82, 2.24) is 10.2 Å². The number of nitrogens with one attached hydrogen (secondary N) is 1. The number of likely N-dealkylation sites (tertiary alicyclic amines) is 1. The van der Waals surface area contributed by atoms with Gasteiger partial charge in [0.25, 0.3) is 0 Å². The van der Waals surface area contributed by atoms with Crippen LogP contribution in [0.15, 0.2) is 0 Å². The highest BCUT2D eigenvalue weighted by Gasteiger charge is 2.37. The quantitative estimate of drug-likeness (QED) is 0.749. The highest BCUT2D eigenvalue weighted by atomic mass is 16.1. The van der Waals surface area contributed by atoms with E-state index >= 15 is 0 Å². The predicted molar refractivity (Wildman–Crippen MR) is 73.3 cm³/mol. The van der Waals surface area contributed by atoms with E-state index in [2.05, 4.69) is 17.1 Å². The number of hydrogen-bond acceptors (Lipinski definition) is 3. The van der Waals surface area contributed by atoms with Crippen molar-refractivity contribution in [2.75, 3.05) is 13.1 Å². The molecule has 1 aliphatic heterocycles. The van der Waals surface area contributed by atoms with Gasteiger partial charge < -0.3 is 16.0 Å². The van der Waals surface area contributed by atoms with Crippen LogP contribution in [0.3, 0.4) is 0 Å². The number of amides is 1. The van der Waals surface area contributed by atoms with E-state index < -0.39 is 5.54 Å². The molecule has 2 atom stereocenters. The van der Waals surface area contributed by atoms with Gasteiger partial charge in [0, 0.05) is 18.6 Å². The summed E-state index contributed by atoms with van der Waals surface area (Å²) in [5.41, 5.74) is 5.05. The molecule has 18 heavy (non-hydrogen) atoms. The maximum atomic E-state index is 11.7. The molecule has 1 heterocycles. The van der Waals surface area contributed by atoms with Crippen LogP contribution in [0.25, 0.3) is 0 Å². The molecule has 0 aromatic rings. The van der Waals surface area contributed by atoms with Crippen molar-refractivity contribution in [2.45, 2.75) is 70.0 Å². The molecule has 0 spiro atoms. The van der Waals surface area contributed by atoms with Crippen molar-refractivity contribution in [3.05, 3.63) is 0 Å². The lowest BCUT2D eigenvalue weighted by Gasteiger charge is -2.36. The zero-order valence-electron chi connectivity index (χ0n) is 11.7. The Hall–Kier alpha value is -0.610. The molecule has 0 aromatic carbocycles. The van der Waals surface area contributed by atoms with Crippen molar-refractivity contribution >= 4 is 5.91 Å². The number of carbonyl (C=O) groups is 1. The molecule has 1 amide bonds. The molecule has 104 valence electrons. The van der Waals surface area contributed by atoms with Crippen LogP contribution in [0, 0.1) is 0 Å². The van der Waals surface area contributed by atoms with Gasteiger partial charge in [-0.15, -0.1) is 0 Å². The standard InChI is InChI=1S/C14H27N3O/c1-11-5-3-4-9-17(11)10-8-14(2,13(15)18)16-12-6-7-12/h11-12,16H,3-10H2,1-2H3,(H2,15,18). The first-order chi connectivity index (χ1) is 8.51. The van der Waals surface area contributed by atoms with Gasteiger partial charge in [-0.3, -0.25) is 4.79 Å². The average molecular weight is 253 g/mol. The van der Waals surface area contributed by atoms with Crippen molar-refractivity contribution in [3.63, 3.8) is 0 Å². The third-order valence-electron chi connectivity index (χ3n) is 4.48. The van der Waals surface area contributed by atoms with Gasteiger partial charge in [-0.05, 0) is 52.5 Å². The summed E-state index contributed by atoms with van der Waals surface area (Å²) in [5, 5.41) is 3.42. The molecule has 0 aromatic heterocycles. The van der Waals surface area contributed by atoms with E-state index in [1.807, 2.05) is 6.92 Å². The molecule has 3 N–H and O–H groups in total. The molecule has 2 unspecified atom stereocenters. The predicted octanol–water partition coefficient (Wildman–Crippen LogP) is 1.25. The van der Waals surface area contributed by atoms with Gasteiger partial charge in [-0.2, -0.15) is 0 Å². The Bertz CT molecular complexity index is 303. The maximum absolute atomic E-state index is 11.7. The number of piperidine rings is 1. The Labute approximate surface area is 110 Å². The molecular weight excluding hydrogens is 226 g/mol. The summed E-state index contributed by atoms with van der Waals surface area (Å²) in [5.74, 6) is -0.209. The number of nitrogens with two attached hydrogens (primary N) is 1. The van der Waals surface area contributed by atoms with Crippen LogP contribution in [0.1, 0.15) is 52.4 Å². The number of nitrogens with zero attached hydrogens (tertiary/aromatic N) is 1. The zero-order chi connectivity index (χ0) is 13.2. The Morgan fingerprint density at radius 3 is 2.67 bits per heavy atom. The molecule has 1 saturated heterocycles. The number of hydrogen-bond donors (Lipinski definition) is 2. The fraction of sp³-hybridized carbons (Fsp3) is 0.929. The highest BCUT2D eigenvalue weighted by Crippen LogP contribution is 2.25. The lowest BCUT2D eigenvalue weighted by molar-refractivity contribution is -0.124. The highest BCUT2D eigenvalue weighted by molar-refractivity contribution is 5.84. The minimum Gasteiger partial charge on any atom is -0.368 e. The number of primary amides is 1. The van der Waals surface area contributed by atoms with Crippen LogP contribution in [-0.2, 0) is 4.79 Å². The van der Waals surface area contributed by atoms with Gasteiger partial charge in [-0.25, -0.2) is 0 Å². The first-order valence-corrected chi connectivity index (χ1v) is 7.33. The molecule has 2 aliphatic rings. The fourth-order valence-electron chi connectivity index (χ4n) is 2.80. The second-order valence-electron chi connectivity index (χ2n) is 6.25. The molecule has 0 bridgehead atoms. The summed E-state index contributed by atoms with van der Waals surface area (Å²) in [6.45, 7) is 6.39. The van der Waals surface area contributed by atoms with E-state index in [1.54, 1.807) is 0 Å². The maximum Gasteiger partial charge on any atom is 0.237 e. The Balaban J connectivity index is 1.86. The van der Waals surface area contributed by atoms with Crippen LogP contribution in [0.2, 0.25) is 0 Å². The molecule has 1 aliphatic carbocycles. The van der Waals surface area contributed by atoms with Crippen LogP contribution < -0.4 is 11.1 Å². The van der Waals surface area contributed by atoms with Crippen molar-refractivity contribution < 1.29 is 4.79 Å². The topological polar surface area (TPSA) is 58.4 Å². The number of rotatable bonds is 6. The zero-order valence-corrected chi connectivity index (χ0v) is 11.7. The number of carbonyl (C=O) groups excluding carboxylic acids is 1. The first kappa shape index (κ1) is 13.8. The Kier molecular flexibility index (Phi) is 4.28. The Morgan fingerprint density at radius 2 is 2.11 bits per heavy atom. The Morgan fingerprint density at radius 1 is 1.39 bits per heavy atom. The van der Waals surface area contributed by atoms with Crippen molar-refractivity contribution in [2.24, 2.45) is 5.73 Å². The van der Waals surface area contributed by atoms with Gasteiger partial charge in [0.2, 0.25) is 5.91 Å². The van der Waals surface area contributed by atoms with E-state index in [9.17, 15) is 4.79 Å². The van der Waals surface area contributed by atoms with Crippen LogP contribution in [0.4, 0.5) is 0 Å². The summed E-state index contributed by atoms with van der Waals surface area (Å²) in [7, 11) is 0. The van der Waals surface area contributed by atoms with Gasteiger partial charge in [-0.1, -0.05) is 6.42 Å². The fourth-order valence-corrected chi connectivity index (χ4v) is 2.80. The smallest absolute Gasteiger partial charge is 0.237 e. The summed E-state index contributed by atoms with van der Waals surface area (Å²) in [4.78, 5) is 14.2. The summed E-state index contributed by atoms with van der Waals surface area (Å²) >= 11 is 0. The molecule has 0 radical (unpaired) electrons. The summed E-state index contributed by atoms with van der Waals surface area (Å²) < 4.78 is 0. The lowest BCUT2D eigenvalue weighted by Crippen LogP contribution is -2.56. The van der Waals surface area contributed by atoms with E-state index in [0.29, 0.717) is 12.1 Å². The second kappa shape index (κ2) is 5.57. The molecule has 2 fully saturated rings. The van der Waals surface area contributed by atoms with Gasteiger partial charge >= 0.3 is 0 Å². The molecule has 4 heteroatoms. The monoisotopic (exact) mass is 253 g/mol. The van der Waals surface area contributed by atoms with Crippen molar-refractivity contribution in [3.8, 4) is 0 Å². The minimum atomic E-state index is -0.529. The first-order valence-electron chi connectivity index (χ1n) is 7.33. The summed E-state index contributed by atoms with van der Waals surface area (Å²) in [6, 6.07) is 1.16. The molecular formula is C14H27N3O. The van der Waals surface area contributed by atoms with Crippen LogP contribution >= 0.6 is 0 Å². The molecule has 2 rings (SSSR count). The van der Waals surface area contributed by atoms with Crippen molar-refractivity contribution in [1.29, 1.82) is 0 Å². The van der Waals surface area contributed by atoms with E-state index in [4.69, 9.17) is 5.73 Å². The van der Waals surface area contributed by atoms with Gasteiger partial charge in [0.05, 0.1) is 5.54 Å².